The van der Waals surface area contributed by atoms with Crippen LogP contribution in [0.4, 0.5) is 12.9 Å². The average molecular weight is 586 g/mol. The zero-order valence-corrected chi connectivity index (χ0v) is 23.0. The van der Waals surface area contributed by atoms with E-state index in [1.54, 1.807) is 0 Å². The molecule has 0 saturated heterocycles. The van der Waals surface area contributed by atoms with Gasteiger partial charge in [-0.05, 0) is 96.0 Å². The highest BCUT2D eigenvalue weighted by atomic mass is 35.5. The lowest BCUT2D eigenvalue weighted by Crippen LogP contribution is -3.00. The first-order chi connectivity index (χ1) is 18.9. The Morgan fingerprint density at radius 1 is 0.750 bits per heavy atom. The van der Waals surface area contributed by atoms with E-state index in [1.807, 2.05) is 48.5 Å². The van der Waals surface area contributed by atoms with Crippen molar-refractivity contribution in [2.24, 2.45) is 0 Å². The van der Waals surface area contributed by atoms with Crippen LogP contribution in [0, 0.1) is 0 Å². The van der Waals surface area contributed by atoms with E-state index in [4.69, 9.17) is 27.9 Å². The smallest absolute Gasteiger partial charge is 0.762 e. The Morgan fingerprint density at radius 3 is 1.82 bits per heavy atom. The second-order valence-electron chi connectivity index (χ2n) is 9.59. The minimum Gasteiger partial charge on any atom is -1.00 e. The van der Waals surface area contributed by atoms with Crippen molar-refractivity contribution >= 4 is 48.2 Å². The molecule has 0 aliphatic carbocycles. The van der Waals surface area contributed by atoms with Gasteiger partial charge < -0.3 is 9.44 Å². The molecule has 0 fully saturated rings. The fourth-order valence-electron chi connectivity index (χ4n) is 5.27. The quantitative estimate of drug-likeness (QED) is 0.256. The van der Waals surface area contributed by atoms with Crippen molar-refractivity contribution in [2.75, 3.05) is 13.1 Å². The molecule has 0 bridgehead atoms. The van der Waals surface area contributed by atoms with E-state index in [-0.39, 0.29) is 4.70 Å². The monoisotopic (exact) mass is 585 g/mol. The summed E-state index contributed by atoms with van der Waals surface area (Å²) >= 11 is 12.3. The summed E-state index contributed by atoms with van der Waals surface area (Å²) < 4.78 is 37.9. The molecule has 0 radical (unpaired) electrons. The van der Waals surface area contributed by atoms with Crippen LogP contribution in [-0.4, -0.2) is 20.6 Å². The van der Waals surface area contributed by atoms with E-state index in [0.29, 0.717) is 5.02 Å². The van der Waals surface area contributed by atoms with E-state index in [9.17, 15) is 12.9 Å². The van der Waals surface area contributed by atoms with Gasteiger partial charge in [0.1, 0.15) is 24.6 Å². The van der Waals surface area contributed by atoms with Crippen LogP contribution in [0.25, 0.3) is 17.4 Å². The van der Waals surface area contributed by atoms with E-state index in [0.717, 1.165) is 46.1 Å². The second-order valence-corrected chi connectivity index (χ2v) is 10.5. The van der Waals surface area contributed by atoms with Crippen LogP contribution >= 0.6 is 23.2 Å². The summed E-state index contributed by atoms with van der Waals surface area (Å²) in [5.41, 5.74) is 6.13. The molecule has 0 aromatic heterocycles. The highest BCUT2D eigenvalue weighted by Gasteiger charge is 2.23. The molecule has 3 aliphatic rings. The average Bonchev–Trinajstić information content (AvgIpc) is 2.93. The first kappa shape index (κ1) is 29.7. The zero-order chi connectivity index (χ0) is 27.4. The Kier molecular flexibility index (Phi) is 9.93. The van der Waals surface area contributed by atoms with Gasteiger partial charge in [0.25, 0.3) is 0 Å². The maximum absolute atomic E-state index is 9.67. The number of nitrogens with zero attached hydrogens (tertiary/aromatic N) is 1. The van der Waals surface area contributed by atoms with Gasteiger partial charge in [0.05, 0.1) is 0 Å². The van der Waals surface area contributed by atoms with Crippen LogP contribution in [0.2, 0.25) is 10.0 Å². The Morgan fingerprint density at radius 2 is 1.27 bits per heavy atom. The molecule has 206 valence electrons. The lowest BCUT2D eigenvalue weighted by molar-refractivity contribution is -0.0000109. The van der Waals surface area contributed by atoms with Crippen LogP contribution in [0.1, 0.15) is 35.1 Å². The normalized spacial score (nSPS) is 16.3. The van der Waals surface area contributed by atoms with Crippen molar-refractivity contribution < 1.29 is 22.4 Å². The Balaban J connectivity index is 0.000000695. The Labute approximate surface area is 241 Å². The minimum atomic E-state index is -3.67. The number of benzene rings is 3. The third-order valence-electron chi connectivity index (χ3n) is 6.91. The van der Waals surface area contributed by atoms with Gasteiger partial charge in [0.15, 0.2) is 0 Å². The SMILES string of the molecule is Clc1ccc(C2=CC(=CC=c3cc4c5c(c3)CCC[N+]=5CCC4)OC(c3ccc(Cl)cc3)=C2)cc1.FB(F)F.[F-]. The van der Waals surface area contributed by atoms with Gasteiger partial charge in [-0.3, -0.25) is 12.9 Å². The molecule has 2 nitrogen and oxygen atoms in total. The molecule has 0 saturated carbocycles. The molecule has 0 atom stereocenters. The maximum Gasteiger partial charge on any atom is 0.762 e. The number of halogens is 6. The van der Waals surface area contributed by atoms with E-state index >= 15 is 0 Å². The molecule has 3 aromatic rings. The fourth-order valence-corrected chi connectivity index (χ4v) is 5.53. The zero-order valence-electron chi connectivity index (χ0n) is 21.5. The first-order valence-electron chi connectivity index (χ1n) is 12.9. The summed E-state index contributed by atoms with van der Waals surface area (Å²) in [7, 11) is -3.67. The summed E-state index contributed by atoms with van der Waals surface area (Å²) in [6.07, 6.45) is 13.2. The molecule has 6 rings (SSSR count). The van der Waals surface area contributed by atoms with Gasteiger partial charge in [0, 0.05) is 39.6 Å². The molecular formula is C31H26BCl2F4NO. The third kappa shape index (κ3) is 7.26. The maximum atomic E-state index is 9.67. The Hall–Kier alpha value is -3.29. The summed E-state index contributed by atoms with van der Waals surface area (Å²) in [5.74, 6) is 1.60. The molecule has 3 heterocycles. The molecule has 9 heteroatoms. The summed E-state index contributed by atoms with van der Waals surface area (Å²) in [5, 5.41) is 4.17. The summed E-state index contributed by atoms with van der Waals surface area (Å²) in [4.78, 5) is 0. The molecule has 3 aromatic carbocycles. The molecule has 40 heavy (non-hydrogen) atoms. The molecule has 3 aliphatic heterocycles. The summed E-state index contributed by atoms with van der Waals surface area (Å²) in [6, 6.07) is 20.4. The third-order valence-corrected chi connectivity index (χ3v) is 7.42. The van der Waals surface area contributed by atoms with Crippen molar-refractivity contribution in [1.29, 1.82) is 0 Å². The van der Waals surface area contributed by atoms with Gasteiger partial charge >= 0.3 is 7.54 Å². The van der Waals surface area contributed by atoms with Crippen LogP contribution in [0.5, 0.6) is 0 Å². The topological polar surface area (TPSA) is 12.2 Å². The predicted molar refractivity (Wildman–Crippen MR) is 155 cm³/mol. The molecule has 0 unspecified atom stereocenters. The van der Waals surface area contributed by atoms with Crippen molar-refractivity contribution in [3.05, 3.63) is 128 Å². The van der Waals surface area contributed by atoms with E-state index in [2.05, 4.69) is 41.0 Å². The second kappa shape index (κ2) is 13.4. The van der Waals surface area contributed by atoms with Crippen molar-refractivity contribution in [2.45, 2.75) is 25.7 Å². The largest absolute Gasteiger partial charge is 1.00 e. The van der Waals surface area contributed by atoms with Gasteiger partial charge in [-0.15, -0.1) is 0 Å². The highest BCUT2D eigenvalue weighted by molar-refractivity contribution is 6.33. The Bertz CT molecular complexity index is 1540. The van der Waals surface area contributed by atoms with Crippen LogP contribution < -0.4 is 19.9 Å². The lowest BCUT2D eigenvalue weighted by atomic mass is 9.95. The van der Waals surface area contributed by atoms with Crippen LogP contribution in [0.3, 0.4) is 0 Å². The molecule has 0 N–H and O–H groups in total. The molecule has 0 amide bonds. The minimum absolute atomic E-state index is 0. The van der Waals surface area contributed by atoms with Crippen molar-refractivity contribution in [1.82, 2.24) is 4.58 Å². The van der Waals surface area contributed by atoms with Crippen LogP contribution in [-0.2, 0) is 17.6 Å². The molecular weight excluding hydrogens is 560 g/mol. The fraction of sp³-hybridized carbons (Fsp3) is 0.194. The van der Waals surface area contributed by atoms with E-state index < -0.39 is 7.54 Å². The van der Waals surface area contributed by atoms with Crippen LogP contribution in [0.15, 0.2) is 84.7 Å². The predicted octanol–water partition coefficient (Wildman–Crippen LogP) is 4.08. The highest BCUT2D eigenvalue weighted by Crippen LogP contribution is 2.32. The number of ether oxygens (including phenoxy) is 1. The van der Waals surface area contributed by atoms with Gasteiger partial charge in [0.2, 0.25) is 5.36 Å². The standard InChI is InChI=1S/C31H26Cl2NO.BF3.FH/c32-27-10-6-22(7-11-27)26-19-29(35-30(20-26)23-8-12-28(33)13-9-23)14-5-21-17-24-3-1-15-34-16-2-4-25(18-21)31(24)34;2-1(3)4;/h5-14,17-20H,1-4,15-16H2;;1H/q+1;;/p-1. The summed E-state index contributed by atoms with van der Waals surface area (Å²) in [6.45, 7) is 2.39. The lowest BCUT2D eigenvalue weighted by Gasteiger charge is -2.19. The number of hydrogen-bond acceptors (Lipinski definition) is 1. The first-order valence-corrected chi connectivity index (χ1v) is 13.6. The number of rotatable bonds is 3. The van der Waals surface area contributed by atoms with Crippen molar-refractivity contribution in [3.63, 3.8) is 0 Å². The number of hydrogen-bond donors (Lipinski definition) is 0. The van der Waals surface area contributed by atoms with Crippen molar-refractivity contribution in [3.8, 4) is 0 Å². The van der Waals surface area contributed by atoms with Gasteiger partial charge in [-0.25, -0.2) is 4.58 Å². The van der Waals surface area contributed by atoms with Gasteiger partial charge in [-0.1, -0.05) is 41.4 Å². The number of allylic oxidation sites excluding steroid dienone is 4. The molecule has 0 spiro atoms. The van der Waals surface area contributed by atoms with Gasteiger partial charge in [-0.2, -0.15) is 0 Å². The number of aryl methyl sites for hydroxylation is 2. The van der Waals surface area contributed by atoms with E-state index in [1.165, 1.54) is 47.6 Å².